The van der Waals surface area contributed by atoms with Crippen LogP contribution in [0.1, 0.15) is 62.4 Å². The normalized spacial score (nSPS) is 15.0. The number of benzene rings is 1. The van der Waals surface area contributed by atoms with E-state index in [1.54, 1.807) is 0 Å². The second kappa shape index (κ2) is 14.4. The first-order valence-corrected chi connectivity index (χ1v) is 14.7. The van der Waals surface area contributed by atoms with Crippen LogP contribution in [0.15, 0.2) is 97.9 Å². The van der Waals surface area contributed by atoms with Gasteiger partial charge in [0.25, 0.3) is 0 Å². The third-order valence-corrected chi connectivity index (χ3v) is 7.63. The van der Waals surface area contributed by atoms with Crippen LogP contribution >= 0.6 is 0 Å². The predicted molar refractivity (Wildman–Crippen MR) is 176 cm³/mol. The molecule has 0 spiro atoms. The number of aromatic nitrogens is 4. The molecule has 5 nitrogen and oxygen atoms in total. The van der Waals surface area contributed by atoms with Crippen LogP contribution in [0.4, 0.5) is 0 Å². The standard InChI is InChI=1S/C34H37N5.C2H6/c1-5-8-29(27-13-17-36-18-14-27)30-22-33(37-23(30)4)34-31-21-28(9-10-32(31)38-39-34)26(7-3)20-24(6-2)19-25-11-15-35-16-12-25;1-2/h5-10,13-14,17-18,20-22,25,35,37H,1-2,11-12,15-16,19H2,3-4H3,(H,38,39);1-2H3/b24-20+,26-7+,29-8-;. The largest absolute Gasteiger partial charge is 0.357 e. The van der Waals surface area contributed by atoms with Gasteiger partial charge < -0.3 is 10.3 Å². The fourth-order valence-electron chi connectivity index (χ4n) is 5.51. The molecular formula is C36H43N5. The van der Waals surface area contributed by atoms with Gasteiger partial charge in [0, 0.05) is 29.0 Å². The molecule has 1 fully saturated rings. The van der Waals surface area contributed by atoms with Crippen molar-refractivity contribution in [3.05, 3.63) is 120 Å². The summed E-state index contributed by atoms with van der Waals surface area (Å²) >= 11 is 0. The monoisotopic (exact) mass is 545 g/mol. The van der Waals surface area contributed by atoms with Gasteiger partial charge in [-0.05, 0) is 110 Å². The summed E-state index contributed by atoms with van der Waals surface area (Å²) < 4.78 is 0. The third kappa shape index (κ3) is 6.93. The number of aromatic amines is 2. The number of nitrogens with one attached hydrogen (secondary N) is 3. The molecule has 0 bridgehead atoms. The summed E-state index contributed by atoms with van der Waals surface area (Å²) in [6.07, 6.45) is 17.5. The van der Waals surface area contributed by atoms with Crippen molar-refractivity contribution in [2.24, 2.45) is 5.92 Å². The van der Waals surface area contributed by atoms with Crippen molar-refractivity contribution >= 4 is 22.0 Å². The molecule has 4 aromatic rings. The minimum absolute atomic E-state index is 0.717. The Morgan fingerprint density at radius 3 is 2.46 bits per heavy atom. The Labute approximate surface area is 244 Å². The number of piperidine rings is 1. The minimum atomic E-state index is 0.717. The van der Waals surface area contributed by atoms with Crippen LogP contribution in [0, 0.1) is 12.8 Å². The molecule has 0 amide bonds. The molecule has 1 aliphatic rings. The molecule has 3 N–H and O–H groups in total. The number of allylic oxidation sites excluding steroid dienone is 7. The van der Waals surface area contributed by atoms with Crippen LogP contribution in [0.3, 0.4) is 0 Å². The first-order valence-electron chi connectivity index (χ1n) is 14.7. The van der Waals surface area contributed by atoms with Crippen molar-refractivity contribution in [1.29, 1.82) is 0 Å². The maximum absolute atomic E-state index is 4.72. The smallest absolute Gasteiger partial charge is 0.116 e. The quantitative estimate of drug-likeness (QED) is 0.184. The second-order valence-corrected chi connectivity index (χ2v) is 10.2. The first-order chi connectivity index (χ1) is 20.1. The first kappa shape index (κ1) is 29.8. The van der Waals surface area contributed by atoms with E-state index in [1.165, 1.54) is 29.6 Å². The number of fused-ring (bicyclic) bond motifs is 1. The van der Waals surface area contributed by atoms with Gasteiger partial charge in [0.15, 0.2) is 0 Å². The summed E-state index contributed by atoms with van der Waals surface area (Å²) in [5, 5.41) is 12.5. The van der Waals surface area contributed by atoms with Crippen molar-refractivity contribution in [2.75, 3.05) is 13.1 Å². The maximum Gasteiger partial charge on any atom is 0.116 e. The SMILES string of the molecule is C=C/C=C(/c1ccncc1)c1cc(-c2n[nH]c3ccc(C(/C=C(\C=C)CC4CCNCC4)=C/C)cc23)[nH]c1C.CC. The molecule has 5 rings (SSSR count). The van der Waals surface area contributed by atoms with Gasteiger partial charge in [0.2, 0.25) is 0 Å². The van der Waals surface area contributed by atoms with E-state index in [2.05, 4.69) is 83.8 Å². The van der Waals surface area contributed by atoms with E-state index in [1.807, 2.05) is 56.6 Å². The molecule has 5 heteroatoms. The van der Waals surface area contributed by atoms with Crippen LogP contribution in [0.5, 0.6) is 0 Å². The Bertz CT molecular complexity index is 1560. The van der Waals surface area contributed by atoms with Gasteiger partial charge in [0.05, 0.1) is 11.2 Å². The van der Waals surface area contributed by atoms with Crippen LogP contribution in [0.25, 0.3) is 33.4 Å². The zero-order valence-corrected chi connectivity index (χ0v) is 24.9. The van der Waals surface area contributed by atoms with E-state index in [-0.39, 0.29) is 0 Å². The van der Waals surface area contributed by atoms with Crippen LogP contribution < -0.4 is 5.32 Å². The molecule has 1 saturated heterocycles. The highest BCUT2D eigenvalue weighted by molar-refractivity contribution is 5.96. The number of hydrogen-bond acceptors (Lipinski definition) is 3. The Kier molecular flexibility index (Phi) is 10.5. The Morgan fingerprint density at radius 1 is 1.02 bits per heavy atom. The zero-order chi connectivity index (χ0) is 29.2. The van der Waals surface area contributed by atoms with Gasteiger partial charge in [-0.1, -0.05) is 63.5 Å². The van der Waals surface area contributed by atoms with E-state index < -0.39 is 0 Å². The van der Waals surface area contributed by atoms with Crippen molar-refractivity contribution in [1.82, 2.24) is 25.5 Å². The van der Waals surface area contributed by atoms with Gasteiger partial charge in [-0.2, -0.15) is 5.10 Å². The van der Waals surface area contributed by atoms with Gasteiger partial charge >= 0.3 is 0 Å². The predicted octanol–water partition coefficient (Wildman–Crippen LogP) is 8.81. The number of nitrogens with zero attached hydrogens (tertiary/aromatic N) is 2. The second-order valence-electron chi connectivity index (χ2n) is 10.2. The van der Waals surface area contributed by atoms with Crippen molar-refractivity contribution < 1.29 is 0 Å². The summed E-state index contributed by atoms with van der Waals surface area (Å²) in [5.74, 6) is 0.717. The van der Waals surface area contributed by atoms with Crippen molar-refractivity contribution in [3.63, 3.8) is 0 Å². The minimum Gasteiger partial charge on any atom is -0.357 e. The van der Waals surface area contributed by atoms with Gasteiger partial charge in [-0.15, -0.1) is 0 Å². The van der Waals surface area contributed by atoms with Crippen LogP contribution in [0.2, 0.25) is 0 Å². The Balaban J connectivity index is 0.00000189. The average Bonchev–Trinajstić information content (AvgIpc) is 3.62. The fourth-order valence-corrected chi connectivity index (χ4v) is 5.51. The lowest BCUT2D eigenvalue weighted by Crippen LogP contribution is -2.27. The summed E-state index contributed by atoms with van der Waals surface area (Å²) in [6, 6.07) is 12.7. The van der Waals surface area contributed by atoms with Crippen LogP contribution in [-0.2, 0) is 0 Å². The number of aryl methyl sites for hydroxylation is 1. The number of hydrogen-bond donors (Lipinski definition) is 3. The highest BCUT2D eigenvalue weighted by atomic mass is 15.1. The molecule has 41 heavy (non-hydrogen) atoms. The summed E-state index contributed by atoms with van der Waals surface area (Å²) in [7, 11) is 0. The molecule has 0 saturated carbocycles. The number of pyridine rings is 1. The summed E-state index contributed by atoms with van der Waals surface area (Å²) in [4.78, 5) is 7.75. The molecule has 3 aromatic heterocycles. The molecular weight excluding hydrogens is 502 g/mol. The molecule has 1 aliphatic heterocycles. The van der Waals surface area contributed by atoms with Crippen LogP contribution in [-0.4, -0.2) is 33.3 Å². The molecule has 0 unspecified atom stereocenters. The summed E-state index contributed by atoms with van der Waals surface area (Å²) in [6.45, 7) is 18.5. The van der Waals surface area contributed by atoms with Crippen molar-refractivity contribution in [2.45, 2.75) is 47.0 Å². The lowest BCUT2D eigenvalue weighted by atomic mass is 9.89. The van der Waals surface area contributed by atoms with E-state index >= 15 is 0 Å². The molecule has 4 heterocycles. The highest BCUT2D eigenvalue weighted by Gasteiger charge is 2.17. The van der Waals surface area contributed by atoms with E-state index in [4.69, 9.17) is 5.10 Å². The van der Waals surface area contributed by atoms with Gasteiger partial charge in [-0.25, -0.2) is 0 Å². The molecule has 1 aromatic carbocycles. The number of rotatable bonds is 9. The topological polar surface area (TPSA) is 69.4 Å². The highest BCUT2D eigenvalue weighted by Crippen LogP contribution is 2.34. The zero-order valence-electron chi connectivity index (χ0n) is 24.9. The lowest BCUT2D eigenvalue weighted by Gasteiger charge is -2.23. The molecule has 0 aliphatic carbocycles. The average molecular weight is 546 g/mol. The molecule has 212 valence electrons. The van der Waals surface area contributed by atoms with E-state index in [0.29, 0.717) is 5.92 Å². The third-order valence-electron chi connectivity index (χ3n) is 7.63. The fraction of sp³-hybridized carbons (Fsp3) is 0.278. The maximum atomic E-state index is 4.72. The lowest BCUT2D eigenvalue weighted by molar-refractivity contribution is 0.374. The molecule has 0 radical (unpaired) electrons. The van der Waals surface area contributed by atoms with Gasteiger partial charge in [-0.3, -0.25) is 10.1 Å². The van der Waals surface area contributed by atoms with E-state index in [9.17, 15) is 0 Å². The Morgan fingerprint density at radius 2 is 1.78 bits per heavy atom. The summed E-state index contributed by atoms with van der Waals surface area (Å²) in [5.41, 5.74) is 11.0. The van der Waals surface area contributed by atoms with Gasteiger partial charge in [0.1, 0.15) is 5.69 Å². The number of H-pyrrole nitrogens is 2. The molecule has 0 atom stereocenters. The Hall–Kier alpha value is -4.22. The van der Waals surface area contributed by atoms with Crippen molar-refractivity contribution in [3.8, 4) is 11.4 Å². The van der Waals surface area contributed by atoms with E-state index in [0.717, 1.165) is 64.2 Å².